The van der Waals surface area contributed by atoms with Gasteiger partial charge in [-0.05, 0) is 49.5 Å². The molecule has 2 atom stereocenters. The second kappa shape index (κ2) is 4.82. The minimum atomic E-state index is -0.272. The lowest BCUT2D eigenvalue weighted by Crippen LogP contribution is -2.27. The number of allylic oxidation sites excluding steroid dienone is 2. The van der Waals surface area contributed by atoms with E-state index in [0.717, 1.165) is 25.3 Å². The molecule has 3 rings (SSSR count). The molecule has 1 aromatic rings. The largest absolute Gasteiger partial charge is 0.388 e. The monoisotopic (exact) mass is 259 g/mol. The highest BCUT2D eigenvalue weighted by Gasteiger charge is 2.33. The second-order valence-electron chi connectivity index (χ2n) is 7.08. The van der Waals surface area contributed by atoms with Crippen LogP contribution in [0, 0.1) is 11.3 Å². The first-order valence-corrected chi connectivity index (χ1v) is 7.56. The first kappa shape index (κ1) is 13.0. The molecule has 0 aromatic carbocycles. The lowest BCUT2D eigenvalue weighted by Gasteiger charge is -2.34. The number of rotatable bonds is 2. The molecule has 2 unspecified atom stereocenters. The third-order valence-electron chi connectivity index (χ3n) is 4.70. The smallest absolute Gasteiger partial charge is 0.0812 e. The molecular weight excluding hydrogens is 234 g/mol. The summed E-state index contributed by atoms with van der Waals surface area (Å²) in [6.45, 7) is 5.64. The Bertz CT molecular complexity index is 483. The van der Waals surface area contributed by atoms with Crippen LogP contribution < -0.4 is 0 Å². The van der Waals surface area contributed by atoms with E-state index in [1.165, 1.54) is 30.5 Å². The second-order valence-corrected chi connectivity index (χ2v) is 7.08. The Labute approximate surface area is 116 Å². The van der Waals surface area contributed by atoms with E-state index in [2.05, 4.69) is 42.8 Å². The van der Waals surface area contributed by atoms with Gasteiger partial charge in [-0.3, -0.25) is 0 Å². The van der Waals surface area contributed by atoms with E-state index in [1.807, 2.05) is 0 Å². The number of aromatic nitrogens is 1. The Morgan fingerprint density at radius 1 is 1.37 bits per heavy atom. The van der Waals surface area contributed by atoms with Crippen molar-refractivity contribution in [3.63, 3.8) is 0 Å². The maximum Gasteiger partial charge on any atom is 0.0812 e. The van der Waals surface area contributed by atoms with Gasteiger partial charge in [0, 0.05) is 24.0 Å². The van der Waals surface area contributed by atoms with E-state index in [4.69, 9.17) is 0 Å². The molecule has 1 heterocycles. The Morgan fingerprint density at radius 3 is 2.95 bits per heavy atom. The number of aliphatic hydroxyl groups excluding tert-OH is 1. The normalized spacial score (nSPS) is 29.2. The number of hydrogen-bond acceptors (Lipinski definition) is 1. The minimum absolute atomic E-state index is 0.217. The molecule has 0 aliphatic heterocycles. The standard InChI is InChI=1S/C17H25NO/c1-17(2)10-15-14(16(19)11-17)8-9-18(15)12-13-6-4-3-5-7-13/h3-4,8-9,13,16,19H,5-7,10-12H2,1-2H3. The molecule has 0 bridgehead atoms. The number of fused-ring (bicyclic) bond motifs is 1. The molecule has 0 spiro atoms. The van der Waals surface area contributed by atoms with Crippen molar-refractivity contribution in [3.05, 3.63) is 35.7 Å². The van der Waals surface area contributed by atoms with Crippen molar-refractivity contribution in [2.45, 2.75) is 58.6 Å². The molecule has 1 aromatic heterocycles. The highest BCUT2D eigenvalue weighted by Crippen LogP contribution is 2.41. The average molecular weight is 259 g/mol. The highest BCUT2D eigenvalue weighted by molar-refractivity contribution is 5.29. The maximum atomic E-state index is 10.3. The Kier molecular flexibility index (Phi) is 3.30. The van der Waals surface area contributed by atoms with Crippen LogP contribution in [0.3, 0.4) is 0 Å². The van der Waals surface area contributed by atoms with Gasteiger partial charge < -0.3 is 9.67 Å². The molecule has 2 aliphatic rings. The molecule has 0 fully saturated rings. The average Bonchev–Trinajstić information content (AvgIpc) is 2.72. The van der Waals surface area contributed by atoms with Gasteiger partial charge in [-0.1, -0.05) is 26.0 Å². The van der Waals surface area contributed by atoms with E-state index in [9.17, 15) is 5.11 Å². The van der Waals surface area contributed by atoms with Gasteiger partial charge in [-0.2, -0.15) is 0 Å². The van der Waals surface area contributed by atoms with Crippen LogP contribution in [0.4, 0.5) is 0 Å². The van der Waals surface area contributed by atoms with Crippen molar-refractivity contribution in [3.8, 4) is 0 Å². The molecule has 19 heavy (non-hydrogen) atoms. The topological polar surface area (TPSA) is 25.2 Å². The lowest BCUT2D eigenvalue weighted by molar-refractivity contribution is 0.0976. The molecule has 2 aliphatic carbocycles. The fourth-order valence-electron chi connectivity index (χ4n) is 3.66. The van der Waals surface area contributed by atoms with Gasteiger partial charge >= 0.3 is 0 Å². The number of aliphatic hydroxyl groups is 1. The van der Waals surface area contributed by atoms with Gasteiger partial charge in [-0.15, -0.1) is 0 Å². The fourth-order valence-corrected chi connectivity index (χ4v) is 3.66. The molecular formula is C17H25NO. The number of nitrogens with zero attached hydrogens (tertiary/aromatic N) is 1. The van der Waals surface area contributed by atoms with Crippen LogP contribution in [0.5, 0.6) is 0 Å². The van der Waals surface area contributed by atoms with Gasteiger partial charge in [0.1, 0.15) is 0 Å². The summed E-state index contributed by atoms with van der Waals surface area (Å²) in [6.07, 6.45) is 12.2. The van der Waals surface area contributed by atoms with Crippen LogP contribution in [0.25, 0.3) is 0 Å². The van der Waals surface area contributed by atoms with Crippen molar-refractivity contribution in [2.24, 2.45) is 11.3 Å². The summed E-state index contributed by atoms with van der Waals surface area (Å²) in [5.41, 5.74) is 2.76. The van der Waals surface area contributed by atoms with Crippen LogP contribution in [0.15, 0.2) is 24.4 Å². The van der Waals surface area contributed by atoms with E-state index in [1.54, 1.807) is 0 Å². The van der Waals surface area contributed by atoms with Crippen molar-refractivity contribution in [2.75, 3.05) is 0 Å². The minimum Gasteiger partial charge on any atom is -0.388 e. The first-order chi connectivity index (χ1) is 9.05. The van der Waals surface area contributed by atoms with Crippen molar-refractivity contribution in [1.29, 1.82) is 0 Å². The predicted octanol–water partition coefficient (Wildman–Crippen LogP) is 3.85. The molecule has 0 amide bonds. The van der Waals surface area contributed by atoms with E-state index < -0.39 is 0 Å². The molecule has 0 saturated carbocycles. The summed E-state index contributed by atoms with van der Waals surface area (Å²) in [4.78, 5) is 0. The zero-order valence-corrected chi connectivity index (χ0v) is 12.1. The Balaban J connectivity index is 1.82. The summed E-state index contributed by atoms with van der Waals surface area (Å²) < 4.78 is 2.41. The molecule has 2 heteroatoms. The third kappa shape index (κ3) is 2.64. The SMILES string of the molecule is CC1(C)Cc2c(ccn2CC2CC=CCC2)C(O)C1. The summed E-state index contributed by atoms with van der Waals surface area (Å²) >= 11 is 0. The quantitative estimate of drug-likeness (QED) is 0.802. The molecule has 0 radical (unpaired) electrons. The molecule has 2 nitrogen and oxygen atoms in total. The highest BCUT2D eigenvalue weighted by atomic mass is 16.3. The first-order valence-electron chi connectivity index (χ1n) is 7.56. The molecule has 1 N–H and O–H groups in total. The van der Waals surface area contributed by atoms with Crippen LogP contribution in [0.1, 0.15) is 56.9 Å². The van der Waals surface area contributed by atoms with Gasteiger partial charge in [0.25, 0.3) is 0 Å². The molecule has 104 valence electrons. The summed E-state index contributed by atoms with van der Waals surface area (Å²) in [7, 11) is 0. The van der Waals surface area contributed by atoms with Gasteiger partial charge in [-0.25, -0.2) is 0 Å². The van der Waals surface area contributed by atoms with Crippen LogP contribution >= 0.6 is 0 Å². The van der Waals surface area contributed by atoms with Gasteiger partial charge in [0.05, 0.1) is 6.10 Å². The molecule has 0 saturated heterocycles. The lowest BCUT2D eigenvalue weighted by atomic mass is 9.75. The summed E-state index contributed by atoms with van der Waals surface area (Å²) in [5.74, 6) is 0.767. The zero-order valence-electron chi connectivity index (χ0n) is 12.1. The Morgan fingerprint density at radius 2 is 2.21 bits per heavy atom. The van der Waals surface area contributed by atoms with E-state index in [0.29, 0.717) is 0 Å². The summed E-state index contributed by atoms with van der Waals surface area (Å²) in [5, 5.41) is 10.3. The van der Waals surface area contributed by atoms with Crippen LogP contribution in [0.2, 0.25) is 0 Å². The van der Waals surface area contributed by atoms with Gasteiger partial charge in [0.2, 0.25) is 0 Å². The zero-order chi connectivity index (χ0) is 13.5. The van der Waals surface area contributed by atoms with Crippen molar-refractivity contribution >= 4 is 0 Å². The third-order valence-corrected chi connectivity index (χ3v) is 4.70. The number of hydrogen-bond donors (Lipinski definition) is 1. The van der Waals surface area contributed by atoms with Crippen molar-refractivity contribution in [1.82, 2.24) is 4.57 Å². The van der Waals surface area contributed by atoms with E-state index >= 15 is 0 Å². The van der Waals surface area contributed by atoms with Crippen LogP contribution in [-0.4, -0.2) is 9.67 Å². The maximum absolute atomic E-state index is 10.3. The predicted molar refractivity (Wildman–Crippen MR) is 78.0 cm³/mol. The van der Waals surface area contributed by atoms with Crippen LogP contribution in [-0.2, 0) is 13.0 Å². The van der Waals surface area contributed by atoms with Crippen molar-refractivity contribution < 1.29 is 5.11 Å². The summed E-state index contributed by atoms with van der Waals surface area (Å²) in [6, 6.07) is 2.13. The fraction of sp³-hybridized carbons (Fsp3) is 0.647. The van der Waals surface area contributed by atoms with Gasteiger partial charge in [0.15, 0.2) is 0 Å². The Hall–Kier alpha value is -1.02. The van der Waals surface area contributed by atoms with E-state index in [-0.39, 0.29) is 11.5 Å².